The zero-order valence-electron chi connectivity index (χ0n) is 11.7. The zero-order chi connectivity index (χ0) is 14.5. The van der Waals surface area contributed by atoms with E-state index in [4.69, 9.17) is 15.3 Å². The van der Waals surface area contributed by atoms with E-state index in [1.54, 1.807) is 40.0 Å². The number of nitrogens with two attached hydrogens (primary N) is 1. The van der Waals surface area contributed by atoms with Gasteiger partial charge in [-0.2, -0.15) is 0 Å². The van der Waals surface area contributed by atoms with Crippen molar-refractivity contribution in [1.82, 2.24) is 5.43 Å². The average molecular weight is 267 g/mol. The van der Waals surface area contributed by atoms with E-state index in [2.05, 4.69) is 10.7 Å². The van der Waals surface area contributed by atoms with Gasteiger partial charge in [0.2, 0.25) is 0 Å². The first-order valence-corrected chi connectivity index (χ1v) is 5.96. The van der Waals surface area contributed by atoms with Gasteiger partial charge in [-0.25, -0.2) is 4.79 Å². The quantitative estimate of drug-likeness (QED) is 0.574. The van der Waals surface area contributed by atoms with E-state index in [-0.39, 0.29) is 0 Å². The number of hydrazine groups is 1. The van der Waals surface area contributed by atoms with E-state index in [0.29, 0.717) is 18.0 Å². The van der Waals surface area contributed by atoms with Gasteiger partial charge in [0, 0.05) is 12.6 Å². The van der Waals surface area contributed by atoms with Gasteiger partial charge in [-0.05, 0) is 32.4 Å². The number of hydrogen-bond donors (Lipinski definition) is 3. The number of carbonyl (C=O) groups excluding carboxylic acids is 1. The fourth-order valence-electron chi connectivity index (χ4n) is 1.48. The maximum absolute atomic E-state index is 11.8. The van der Waals surface area contributed by atoms with Crippen LogP contribution in [0.2, 0.25) is 0 Å². The van der Waals surface area contributed by atoms with Crippen molar-refractivity contribution >= 4 is 11.8 Å². The molecule has 0 fully saturated rings. The van der Waals surface area contributed by atoms with Gasteiger partial charge in [0.25, 0.3) is 0 Å². The Morgan fingerprint density at radius 2 is 2.05 bits per heavy atom. The van der Waals surface area contributed by atoms with Crippen LogP contribution in [-0.4, -0.2) is 18.8 Å². The fourth-order valence-corrected chi connectivity index (χ4v) is 1.48. The number of ether oxygens (including phenoxy) is 2. The van der Waals surface area contributed by atoms with Gasteiger partial charge < -0.3 is 9.47 Å². The Bertz CT molecular complexity index is 441. The molecule has 19 heavy (non-hydrogen) atoms. The second-order valence-corrected chi connectivity index (χ2v) is 5.03. The lowest BCUT2D eigenvalue weighted by Crippen LogP contribution is -2.28. The molecule has 0 aliphatic rings. The molecule has 1 aromatic rings. The third-order valence-electron chi connectivity index (χ3n) is 2.25. The van der Waals surface area contributed by atoms with Gasteiger partial charge in [-0.15, -0.1) is 0 Å². The molecule has 0 spiro atoms. The van der Waals surface area contributed by atoms with Crippen LogP contribution in [0.4, 0.5) is 10.5 Å². The second-order valence-electron chi connectivity index (χ2n) is 5.03. The summed E-state index contributed by atoms with van der Waals surface area (Å²) in [6, 6.07) is 5.34. The summed E-state index contributed by atoms with van der Waals surface area (Å²) < 4.78 is 10.3. The van der Waals surface area contributed by atoms with Crippen LogP contribution in [-0.2, 0) is 11.3 Å². The van der Waals surface area contributed by atoms with Crippen LogP contribution in [0.5, 0.6) is 5.75 Å². The van der Waals surface area contributed by atoms with Crippen LogP contribution < -0.4 is 21.3 Å². The van der Waals surface area contributed by atoms with Crippen LogP contribution in [0.1, 0.15) is 26.3 Å². The number of rotatable bonds is 4. The van der Waals surface area contributed by atoms with Crippen LogP contribution >= 0.6 is 0 Å². The standard InChI is InChI=1S/C13H21N3O3/c1-13(2,3)19-12(17)16-11-7-10(18-4)6-5-9(11)8-15-14/h5-7,15H,8,14H2,1-4H3,(H,16,17). The normalized spacial score (nSPS) is 11.0. The third-order valence-corrected chi connectivity index (χ3v) is 2.25. The maximum Gasteiger partial charge on any atom is 0.412 e. The molecule has 4 N–H and O–H groups in total. The molecule has 0 radical (unpaired) electrons. The summed E-state index contributed by atoms with van der Waals surface area (Å²) in [5.41, 5.74) is 3.45. The zero-order valence-corrected chi connectivity index (χ0v) is 11.7. The van der Waals surface area contributed by atoms with Gasteiger partial charge in [0.1, 0.15) is 11.4 Å². The molecule has 1 rings (SSSR count). The summed E-state index contributed by atoms with van der Waals surface area (Å²) in [5.74, 6) is 5.95. The van der Waals surface area contributed by atoms with Gasteiger partial charge in [0.05, 0.1) is 12.8 Å². The molecule has 1 amide bonds. The van der Waals surface area contributed by atoms with Crippen molar-refractivity contribution in [2.24, 2.45) is 5.84 Å². The molecular formula is C13H21N3O3. The smallest absolute Gasteiger partial charge is 0.412 e. The Morgan fingerprint density at radius 1 is 1.37 bits per heavy atom. The van der Waals surface area contributed by atoms with E-state index in [0.717, 1.165) is 5.56 Å². The number of methoxy groups -OCH3 is 1. The Labute approximate surface area is 113 Å². The molecule has 0 unspecified atom stereocenters. The van der Waals surface area contributed by atoms with Crippen molar-refractivity contribution in [3.63, 3.8) is 0 Å². The first-order chi connectivity index (χ1) is 8.85. The van der Waals surface area contributed by atoms with Gasteiger partial charge in [0.15, 0.2) is 0 Å². The minimum absolute atomic E-state index is 0.426. The highest BCUT2D eigenvalue weighted by Crippen LogP contribution is 2.23. The van der Waals surface area contributed by atoms with Gasteiger partial charge >= 0.3 is 6.09 Å². The Balaban J connectivity index is 2.87. The maximum atomic E-state index is 11.8. The molecule has 0 saturated carbocycles. The molecule has 0 bridgehead atoms. The van der Waals surface area contributed by atoms with Crippen molar-refractivity contribution in [3.8, 4) is 5.75 Å². The van der Waals surface area contributed by atoms with Crippen LogP contribution in [0.15, 0.2) is 18.2 Å². The minimum Gasteiger partial charge on any atom is -0.497 e. The van der Waals surface area contributed by atoms with Crippen molar-refractivity contribution < 1.29 is 14.3 Å². The van der Waals surface area contributed by atoms with Crippen molar-refractivity contribution in [2.75, 3.05) is 12.4 Å². The molecule has 0 saturated heterocycles. The lowest BCUT2D eigenvalue weighted by molar-refractivity contribution is 0.0636. The van der Waals surface area contributed by atoms with Crippen LogP contribution in [0.25, 0.3) is 0 Å². The Kier molecular flexibility index (Phi) is 5.14. The van der Waals surface area contributed by atoms with E-state index in [1.165, 1.54) is 0 Å². The first-order valence-electron chi connectivity index (χ1n) is 5.96. The first kappa shape index (κ1) is 15.3. The SMILES string of the molecule is COc1ccc(CNN)c(NC(=O)OC(C)(C)C)c1. The molecule has 6 nitrogen and oxygen atoms in total. The molecule has 0 atom stereocenters. The second kappa shape index (κ2) is 6.40. The topological polar surface area (TPSA) is 85.6 Å². The third kappa shape index (κ3) is 5.15. The van der Waals surface area contributed by atoms with Gasteiger partial charge in [-0.3, -0.25) is 16.6 Å². The van der Waals surface area contributed by atoms with E-state index in [1.807, 2.05) is 6.07 Å². The Morgan fingerprint density at radius 3 is 2.58 bits per heavy atom. The predicted octanol–water partition coefficient (Wildman–Crippen LogP) is 2.01. The fraction of sp³-hybridized carbons (Fsp3) is 0.462. The number of hydrogen-bond acceptors (Lipinski definition) is 5. The number of anilines is 1. The largest absolute Gasteiger partial charge is 0.497 e. The molecule has 0 aliphatic heterocycles. The number of nitrogens with one attached hydrogen (secondary N) is 2. The number of carbonyl (C=O) groups is 1. The van der Waals surface area contributed by atoms with Crippen molar-refractivity contribution in [1.29, 1.82) is 0 Å². The lowest BCUT2D eigenvalue weighted by atomic mass is 10.1. The predicted molar refractivity (Wildman–Crippen MR) is 73.9 cm³/mol. The number of amides is 1. The molecule has 0 aliphatic carbocycles. The summed E-state index contributed by atoms with van der Waals surface area (Å²) in [6.45, 7) is 5.84. The number of benzene rings is 1. The molecule has 1 aromatic carbocycles. The van der Waals surface area contributed by atoms with E-state index < -0.39 is 11.7 Å². The molecule has 106 valence electrons. The van der Waals surface area contributed by atoms with Crippen LogP contribution in [0.3, 0.4) is 0 Å². The highest BCUT2D eigenvalue weighted by Gasteiger charge is 2.17. The molecule has 6 heteroatoms. The summed E-state index contributed by atoms with van der Waals surface area (Å²) in [4.78, 5) is 11.8. The monoisotopic (exact) mass is 267 g/mol. The highest BCUT2D eigenvalue weighted by molar-refractivity contribution is 5.86. The summed E-state index contributed by atoms with van der Waals surface area (Å²) in [6.07, 6.45) is -0.515. The van der Waals surface area contributed by atoms with Gasteiger partial charge in [-0.1, -0.05) is 6.07 Å². The van der Waals surface area contributed by atoms with Crippen LogP contribution in [0, 0.1) is 0 Å². The minimum atomic E-state index is -0.546. The average Bonchev–Trinajstić information content (AvgIpc) is 2.29. The highest BCUT2D eigenvalue weighted by atomic mass is 16.6. The molecule has 0 aromatic heterocycles. The van der Waals surface area contributed by atoms with Crippen molar-refractivity contribution in [2.45, 2.75) is 32.9 Å². The molecule has 0 heterocycles. The van der Waals surface area contributed by atoms with E-state index in [9.17, 15) is 4.79 Å². The summed E-state index contributed by atoms with van der Waals surface area (Å²) in [5, 5.41) is 2.69. The molecular weight excluding hydrogens is 246 g/mol. The lowest BCUT2D eigenvalue weighted by Gasteiger charge is -2.20. The van der Waals surface area contributed by atoms with E-state index >= 15 is 0 Å². The summed E-state index contributed by atoms with van der Waals surface area (Å²) in [7, 11) is 1.56. The van der Waals surface area contributed by atoms with Crippen molar-refractivity contribution in [3.05, 3.63) is 23.8 Å². The Hall–Kier alpha value is -1.79. The summed E-state index contributed by atoms with van der Waals surface area (Å²) >= 11 is 0.